The molecule has 0 aliphatic heterocycles. The monoisotopic (exact) mass is 316 g/mol. The fourth-order valence-corrected chi connectivity index (χ4v) is 2.58. The van der Waals surface area contributed by atoms with E-state index in [1.54, 1.807) is 0 Å². The number of carbonyl (C=O) groups is 1. The predicted molar refractivity (Wildman–Crippen MR) is 85.4 cm³/mol. The molecule has 1 aliphatic rings. The third kappa shape index (κ3) is 3.87. The molecule has 112 valence electrons. The minimum Gasteiger partial charge on any atom is -0.354 e. The van der Waals surface area contributed by atoms with Crippen molar-refractivity contribution < 1.29 is 4.79 Å². The summed E-state index contributed by atoms with van der Waals surface area (Å²) in [4.78, 5) is 12.3. The van der Waals surface area contributed by atoms with Crippen molar-refractivity contribution in [3.63, 3.8) is 0 Å². The van der Waals surface area contributed by atoms with Crippen LogP contribution in [-0.2, 0) is 10.2 Å². The molecule has 1 aromatic carbocycles. The number of carbonyl (C=O) groups excluding carboxylic acids is 1. The number of rotatable bonds is 5. The van der Waals surface area contributed by atoms with Crippen molar-refractivity contribution in [1.29, 1.82) is 0 Å². The minimum atomic E-state index is -0.651. The zero-order valence-corrected chi connectivity index (χ0v) is 13.4. The fourth-order valence-electron chi connectivity index (χ4n) is 2.21. The fraction of sp³-hybridized carbons (Fsp3) is 0.533. The lowest BCUT2D eigenvalue weighted by atomic mass is 9.83. The van der Waals surface area contributed by atoms with Crippen LogP contribution >= 0.6 is 24.0 Å². The van der Waals surface area contributed by atoms with Gasteiger partial charge >= 0.3 is 0 Å². The van der Waals surface area contributed by atoms with E-state index < -0.39 is 5.41 Å². The molecule has 1 aromatic rings. The number of nitrogens with two attached hydrogens (primary N) is 1. The van der Waals surface area contributed by atoms with Crippen molar-refractivity contribution in [1.82, 2.24) is 5.32 Å². The standard InChI is InChI=1S/C15H21ClN2O.ClH/c1-15(2,11-5-3-4-6-12(11)16)14(19)18-9-13(17)10-7-8-10;/h3-6,10,13H,7-9,17H2,1-2H3,(H,18,19);1H. The Morgan fingerprint density at radius 1 is 1.45 bits per heavy atom. The van der Waals surface area contributed by atoms with E-state index in [4.69, 9.17) is 17.3 Å². The van der Waals surface area contributed by atoms with Gasteiger partial charge < -0.3 is 11.1 Å². The second-order valence-corrected chi connectivity index (χ2v) is 6.22. The Morgan fingerprint density at radius 3 is 2.60 bits per heavy atom. The van der Waals surface area contributed by atoms with Gasteiger partial charge in [0.1, 0.15) is 0 Å². The van der Waals surface area contributed by atoms with Crippen LogP contribution in [0.1, 0.15) is 32.3 Å². The van der Waals surface area contributed by atoms with Gasteiger partial charge in [-0.1, -0.05) is 29.8 Å². The molecule has 20 heavy (non-hydrogen) atoms. The lowest BCUT2D eigenvalue weighted by Crippen LogP contribution is -2.45. The van der Waals surface area contributed by atoms with Crippen molar-refractivity contribution in [2.24, 2.45) is 11.7 Å². The largest absolute Gasteiger partial charge is 0.354 e. The van der Waals surface area contributed by atoms with Gasteiger partial charge in [0.05, 0.1) is 5.41 Å². The first-order chi connectivity index (χ1) is 8.93. The summed E-state index contributed by atoms with van der Waals surface area (Å²) in [5, 5.41) is 3.57. The van der Waals surface area contributed by atoms with Gasteiger partial charge in [-0.25, -0.2) is 0 Å². The average molecular weight is 317 g/mol. The molecule has 5 heteroatoms. The number of hydrogen-bond donors (Lipinski definition) is 2. The highest BCUT2D eigenvalue weighted by atomic mass is 35.5. The summed E-state index contributed by atoms with van der Waals surface area (Å²) in [6, 6.07) is 7.53. The van der Waals surface area contributed by atoms with Crippen LogP contribution in [0, 0.1) is 5.92 Å². The number of halogens is 2. The van der Waals surface area contributed by atoms with Crippen LogP contribution in [0.15, 0.2) is 24.3 Å². The molecule has 3 nitrogen and oxygen atoms in total. The SMILES string of the molecule is CC(C)(C(=O)NCC(N)C1CC1)c1ccccc1Cl.Cl. The highest BCUT2D eigenvalue weighted by Crippen LogP contribution is 2.32. The summed E-state index contributed by atoms with van der Waals surface area (Å²) in [6.45, 7) is 4.30. The molecule has 0 radical (unpaired) electrons. The normalized spacial score (nSPS) is 16.2. The molecule has 0 saturated heterocycles. The first-order valence-electron chi connectivity index (χ1n) is 6.72. The zero-order chi connectivity index (χ0) is 14.0. The van der Waals surface area contributed by atoms with Gasteiger partial charge in [-0.2, -0.15) is 0 Å². The molecule has 0 aromatic heterocycles. The van der Waals surface area contributed by atoms with Crippen molar-refractivity contribution in [3.05, 3.63) is 34.9 Å². The van der Waals surface area contributed by atoms with E-state index in [-0.39, 0.29) is 24.4 Å². The maximum absolute atomic E-state index is 12.3. The van der Waals surface area contributed by atoms with Gasteiger partial charge in [0.15, 0.2) is 0 Å². The number of hydrogen-bond acceptors (Lipinski definition) is 2. The van der Waals surface area contributed by atoms with E-state index in [1.807, 2.05) is 38.1 Å². The maximum Gasteiger partial charge on any atom is 0.230 e. The lowest BCUT2D eigenvalue weighted by molar-refractivity contribution is -0.125. The van der Waals surface area contributed by atoms with E-state index in [0.717, 1.165) is 5.56 Å². The van der Waals surface area contributed by atoms with Gasteiger partial charge in [-0.05, 0) is 44.2 Å². The molecular formula is C15H22Cl2N2O. The number of amides is 1. The Bertz CT molecular complexity index is 473. The summed E-state index contributed by atoms with van der Waals surface area (Å²) < 4.78 is 0. The molecule has 1 aliphatic carbocycles. The number of nitrogens with one attached hydrogen (secondary N) is 1. The van der Waals surface area contributed by atoms with E-state index in [2.05, 4.69) is 5.32 Å². The van der Waals surface area contributed by atoms with Crippen molar-refractivity contribution in [3.8, 4) is 0 Å². The Morgan fingerprint density at radius 2 is 2.05 bits per heavy atom. The molecule has 3 N–H and O–H groups in total. The lowest BCUT2D eigenvalue weighted by Gasteiger charge is -2.26. The van der Waals surface area contributed by atoms with Crippen molar-refractivity contribution >= 4 is 29.9 Å². The van der Waals surface area contributed by atoms with Crippen molar-refractivity contribution in [2.45, 2.75) is 38.1 Å². The van der Waals surface area contributed by atoms with Crippen molar-refractivity contribution in [2.75, 3.05) is 6.54 Å². The summed E-state index contributed by atoms with van der Waals surface area (Å²) >= 11 is 6.17. The first kappa shape index (κ1) is 17.3. The molecular weight excluding hydrogens is 295 g/mol. The summed E-state index contributed by atoms with van der Waals surface area (Å²) in [7, 11) is 0. The Labute approximate surface area is 131 Å². The third-order valence-corrected chi connectivity index (χ3v) is 4.17. The highest BCUT2D eigenvalue weighted by molar-refractivity contribution is 6.31. The highest BCUT2D eigenvalue weighted by Gasteiger charge is 2.33. The van der Waals surface area contributed by atoms with Crippen LogP contribution in [0.3, 0.4) is 0 Å². The third-order valence-electron chi connectivity index (χ3n) is 3.84. The van der Waals surface area contributed by atoms with E-state index in [0.29, 0.717) is 17.5 Å². The van der Waals surface area contributed by atoms with Crippen LogP contribution in [0.5, 0.6) is 0 Å². The van der Waals surface area contributed by atoms with Gasteiger partial charge in [0.2, 0.25) is 5.91 Å². The summed E-state index contributed by atoms with van der Waals surface area (Å²) in [6.07, 6.45) is 2.37. The van der Waals surface area contributed by atoms with Crippen LogP contribution in [0.2, 0.25) is 5.02 Å². The molecule has 2 rings (SSSR count). The molecule has 1 saturated carbocycles. The second kappa shape index (κ2) is 6.79. The van der Waals surface area contributed by atoms with Crippen LogP contribution in [-0.4, -0.2) is 18.5 Å². The molecule has 1 unspecified atom stereocenters. The topological polar surface area (TPSA) is 55.1 Å². The molecule has 1 atom stereocenters. The predicted octanol–water partition coefficient (Wildman–Crippen LogP) is 2.89. The van der Waals surface area contributed by atoms with Crippen LogP contribution in [0.4, 0.5) is 0 Å². The smallest absolute Gasteiger partial charge is 0.230 e. The van der Waals surface area contributed by atoms with Crippen LogP contribution < -0.4 is 11.1 Å². The zero-order valence-electron chi connectivity index (χ0n) is 11.9. The van der Waals surface area contributed by atoms with Gasteiger partial charge in [0, 0.05) is 17.6 Å². The van der Waals surface area contributed by atoms with Gasteiger partial charge in [-0.15, -0.1) is 12.4 Å². The molecule has 0 heterocycles. The average Bonchev–Trinajstić information content (AvgIpc) is 3.20. The molecule has 0 spiro atoms. The van der Waals surface area contributed by atoms with Crippen LogP contribution in [0.25, 0.3) is 0 Å². The Hall–Kier alpha value is -0.770. The minimum absolute atomic E-state index is 0. The quantitative estimate of drug-likeness (QED) is 0.877. The number of benzene rings is 1. The van der Waals surface area contributed by atoms with E-state index in [1.165, 1.54) is 12.8 Å². The molecule has 0 bridgehead atoms. The van der Waals surface area contributed by atoms with E-state index >= 15 is 0 Å². The maximum atomic E-state index is 12.3. The van der Waals surface area contributed by atoms with Gasteiger partial charge in [-0.3, -0.25) is 4.79 Å². The van der Waals surface area contributed by atoms with E-state index in [9.17, 15) is 4.79 Å². The first-order valence-corrected chi connectivity index (χ1v) is 7.09. The summed E-state index contributed by atoms with van der Waals surface area (Å²) in [5.41, 5.74) is 6.19. The second-order valence-electron chi connectivity index (χ2n) is 5.82. The summed E-state index contributed by atoms with van der Waals surface area (Å²) in [5.74, 6) is 0.556. The molecule has 1 fully saturated rings. The Balaban J connectivity index is 0.00000200. The molecule has 1 amide bonds. The van der Waals surface area contributed by atoms with Gasteiger partial charge in [0.25, 0.3) is 0 Å². The Kier molecular flexibility index (Phi) is 5.87.